The van der Waals surface area contributed by atoms with Crippen molar-refractivity contribution in [3.63, 3.8) is 0 Å². The van der Waals surface area contributed by atoms with E-state index in [9.17, 15) is 4.79 Å². The fourth-order valence-corrected chi connectivity index (χ4v) is 1.23. The summed E-state index contributed by atoms with van der Waals surface area (Å²) in [5.41, 5.74) is 0.331. The van der Waals surface area contributed by atoms with Crippen LogP contribution < -0.4 is 0 Å². The summed E-state index contributed by atoms with van der Waals surface area (Å²) in [4.78, 5) is 12.6. The van der Waals surface area contributed by atoms with Crippen molar-refractivity contribution in [3.05, 3.63) is 12.2 Å². The second kappa shape index (κ2) is 7.56. The Morgan fingerprint density at radius 2 is 1.79 bits per heavy atom. The minimum Gasteiger partial charge on any atom is -0.478 e. The van der Waals surface area contributed by atoms with Crippen molar-refractivity contribution in [2.75, 3.05) is 20.6 Å². The van der Waals surface area contributed by atoms with Gasteiger partial charge in [-0.3, -0.25) is 0 Å². The molecule has 0 amide bonds. The third-order valence-electron chi connectivity index (χ3n) is 2.14. The molecular weight excluding hydrogens is 178 g/mol. The third-order valence-corrected chi connectivity index (χ3v) is 2.14. The SMILES string of the molecule is C=C(CCCCCCN(C)C)C(=O)O. The Kier molecular flexibility index (Phi) is 7.11. The fourth-order valence-electron chi connectivity index (χ4n) is 1.23. The molecule has 0 radical (unpaired) electrons. The van der Waals surface area contributed by atoms with Gasteiger partial charge in [-0.1, -0.05) is 19.4 Å². The van der Waals surface area contributed by atoms with E-state index in [1.54, 1.807) is 0 Å². The molecule has 14 heavy (non-hydrogen) atoms. The third kappa shape index (κ3) is 7.80. The monoisotopic (exact) mass is 199 g/mol. The molecule has 0 heterocycles. The number of nitrogens with zero attached hydrogens (tertiary/aromatic N) is 1. The highest BCUT2D eigenvalue weighted by atomic mass is 16.4. The Morgan fingerprint density at radius 1 is 1.21 bits per heavy atom. The summed E-state index contributed by atoms with van der Waals surface area (Å²) in [7, 11) is 4.12. The average Bonchev–Trinajstić information content (AvgIpc) is 2.09. The highest BCUT2D eigenvalue weighted by molar-refractivity contribution is 5.85. The van der Waals surface area contributed by atoms with Gasteiger partial charge in [0, 0.05) is 5.57 Å². The van der Waals surface area contributed by atoms with E-state index in [4.69, 9.17) is 5.11 Å². The molecule has 0 aliphatic carbocycles. The molecular formula is C11H21NO2. The van der Waals surface area contributed by atoms with Crippen LogP contribution in [0.4, 0.5) is 0 Å². The van der Waals surface area contributed by atoms with Crippen LogP contribution in [0.2, 0.25) is 0 Å². The van der Waals surface area contributed by atoms with Gasteiger partial charge in [-0.05, 0) is 39.9 Å². The quantitative estimate of drug-likeness (QED) is 0.481. The molecule has 0 aliphatic heterocycles. The lowest BCUT2D eigenvalue weighted by Crippen LogP contribution is -2.12. The van der Waals surface area contributed by atoms with Gasteiger partial charge in [0.05, 0.1) is 0 Å². The first-order valence-electron chi connectivity index (χ1n) is 5.10. The second-order valence-corrected chi connectivity index (χ2v) is 3.88. The first-order valence-corrected chi connectivity index (χ1v) is 5.10. The van der Waals surface area contributed by atoms with E-state index >= 15 is 0 Å². The number of carboxylic acid groups (broad SMARTS) is 1. The van der Waals surface area contributed by atoms with Gasteiger partial charge in [0.1, 0.15) is 0 Å². The number of hydrogen-bond donors (Lipinski definition) is 1. The molecule has 0 fully saturated rings. The molecule has 0 saturated heterocycles. The molecule has 0 unspecified atom stereocenters. The number of carbonyl (C=O) groups is 1. The molecule has 3 nitrogen and oxygen atoms in total. The summed E-state index contributed by atoms with van der Waals surface area (Å²) in [6, 6.07) is 0. The van der Waals surface area contributed by atoms with Crippen LogP contribution in [-0.4, -0.2) is 36.6 Å². The molecule has 0 aliphatic rings. The minimum atomic E-state index is -0.863. The topological polar surface area (TPSA) is 40.5 Å². The van der Waals surface area contributed by atoms with Gasteiger partial charge in [-0.2, -0.15) is 0 Å². The highest BCUT2D eigenvalue weighted by Gasteiger charge is 2.02. The molecule has 1 N–H and O–H groups in total. The van der Waals surface area contributed by atoms with Crippen LogP contribution in [0.3, 0.4) is 0 Å². The normalized spacial score (nSPS) is 10.5. The predicted octanol–water partition coefficient (Wildman–Crippen LogP) is 2.14. The molecule has 0 aromatic rings. The van der Waals surface area contributed by atoms with Crippen LogP contribution in [-0.2, 0) is 4.79 Å². The molecule has 3 heteroatoms. The van der Waals surface area contributed by atoms with Crippen LogP contribution in [0.5, 0.6) is 0 Å². The Balaban J connectivity index is 3.22. The molecule has 82 valence electrons. The second-order valence-electron chi connectivity index (χ2n) is 3.88. The lowest BCUT2D eigenvalue weighted by atomic mass is 10.1. The molecule has 0 atom stereocenters. The van der Waals surface area contributed by atoms with Crippen molar-refractivity contribution in [2.24, 2.45) is 0 Å². The number of aliphatic carboxylic acids is 1. The Morgan fingerprint density at radius 3 is 2.29 bits per heavy atom. The standard InChI is InChI=1S/C11H21NO2/c1-10(11(13)14)8-6-4-5-7-9-12(2)3/h1,4-9H2,2-3H3,(H,13,14). The molecule has 0 spiro atoms. The highest BCUT2D eigenvalue weighted by Crippen LogP contribution is 2.08. The summed E-state index contributed by atoms with van der Waals surface area (Å²) in [6.07, 6.45) is 5.02. The predicted molar refractivity (Wildman–Crippen MR) is 58.4 cm³/mol. The molecule has 0 aromatic heterocycles. The number of unbranched alkanes of at least 4 members (excludes halogenated alkanes) is 3. The van der Waals surface area contributed by atoms with Crippen LogP contribution in [0.15, 0.2) is 12.2 Å². The largest absolute Gasteiger partial charge is 0.478 e. The lowest BCUT2D eigenvalue weighted by Gasteiger charge is -2.08. The van der Waals surface area contributed by atoms with Gasteiger partial charge >= 0.3 is 5.97 Å². The summed E-state index contributed by atoms with van der Waals surface area (Å²) < 4.78 is 0. The zero-order valence-corrected chi connectivity index (χ0v) is 9.25. The van der Waals surface area contributed by atoms with Gasteiger partial charge in [0.2, 0.25) is 0 Å². The van der Waals surface area contributed by atoms with Crippen molar-refractivity contribution < 1.29 is 9.90 Å². The Labute approximate surface area is 86.4 Å². The summed E-state index contributed by atoms with van der Waals surface area (Å²) in [5, 5.41) is 8.55. The van der Waals surface area contributed by atoms with Crippen molar-refractivity contribution in [1.29, 1.82) is 0 Å². The maximum Gasteiger partial charge on any atom is 0.330 e. The van der Waals surface area contributed by atoms with Crippen LogP contribution in [0, 0.1) is 0 Å². The average molecular weight is 199 g/mol. The smallest absolute Gasteiger partial charge is 0.330 e. The number of hydrogen-bond acceptors (Lipinski definition) is 2. The van der Waals surface area contributed by atoms with Gasteiger partial charge in [-0.25, -0.2) is 4.79 Å². The number of rotatable bonds is 8. The first-order chi connectivity index (χ1) is 6.54. The van der Waals surface area contributed by atoms with Crippen molar-refractivity contribution in [3.8, 4) is 0 Å². The van der Waals surface area contributed by atoms with E-state index in [0.717, 1.165) is 19.4 Å². The van der Waals surface area contributed by atoms with E-state index in [0.29, 0.717) is 12.0 Å². The van der Waals surface area contributed by atoms with Crippen LogP contribution in [0.1, 0.15) is 32.1 Å². The summed E-state index contributed by atoms with van der Waals surface area (Å²) >= 11 is 0. The number of carboxylic acids is 1. The van der Waals surface area contributed by atoms with Crippen LogP contribution >= 0.6 is 0 Å². The van der Waals surface area contributed by atoms with E-state index in [2.05, 4.69) is 25.6 Å². The molecule has 0 rings (SSSR count). The van der Waals surface area contributed by atoms with Crippen LogP contribution in [0.25, 0.3) is 0 Å². The maximum atomic E-state index is 10.4. The van der Waals surface area contributed by atoms with Crippen molar-refractivity contribution >= 4 is 5.97 Å². The van der Waals surface area contributed by atoms with Gasteiger partial charge in [0.15, 0.2) is 0 Å². The molecule has 0 bridgehead atoms. The molecule has 0 aromatic carbocycles. The first kappa shape index (κ1) is 13.2. The van der Waals surface area contributed by atoms with Crippen molar-refractivity contribution in [2.45, 2.75) is 32.1 Å². The van der Waals surface area contributed by atoms with E-state index in [1.807, 2.05) is 0 Å². The Bertz CT molecular complexity index is 188. The Hall–Kier alpha value is -0.830. The summed E-state index contributed by atoms with van der Waals surface area (Å²) in [6.45, 7) is 4.60. The van der Waals surface area contributed by atoms with E-state index in [-0.39, 0.29) is 0 Å². The molecule has 0 saturated carbocycles. The summed E-state index contributed by atoms with van der Waals surface area (Å²) in [5.74, 6) is -0.863. The zero-order chi connectivity index (χ0) is 11.0. The fraction of sp³-hybridized carbons (Fsp3) is 0.727. The van der Waals surface area contributed by atoms with Gasteiger partial charge in [0.25, 0.3) is 0 Å². The zero-order valence-electron chi connectivity index (χ0n) is 9.25. The van der Waals surface area contributed by atoms with E-state index in [1.165, 1.54) is 12.8 Å². The van der Waals surface area contributed by atoms with Crippen molar-refractivity contribution in [1.82, 2.24) is 4.90 Å². The lowest BCUT2D eigenvalue weighted by molar-refractivity contribution is -0.132. The maximum absolute atomic E-state index is 10.4. The van der Waals surface area contributed by atoms with Gasteiger partial charge in [-0.15, -0.1) is 0 Å². The van der Waals surface area contributed by atoms with E-state index < -0.39 is 5.97 Å². The minimum absolute atomic E-state index is 0.331. The van der Waals surface area contributed by atoms with Gasteiger partial charge < -0.3 is 10.0 Å².